The Kier molecular flexibility index (Phi) is 5.96. The van der Waals surface area contributed by atoms with E-state index in [4.69, 9.17) is 0 Å². The fourth-order valence-corrected chi connectivity index (χ4v) is 3.55. The van der Waals surface area contributed by atoms with Gasteiger partial charge in [-0.1, -0.05) is 41.6 Å². The molecule has 0 aliphatic heterocycles. The molecule has 7 heteroatoms. The summed E-state index contributed by atoms with van der Waals surface area (Å²) in [6.45, 7) is 3.95. The zero-order valence-electron chi connectivity index (χ0n) is 15.4. The Bertz CT molecular complexity index is 1020. The molecule has 0 saturated carbocycles. The highest BCUT2D eigenvalue weighted by molar-refractivity contribution is 7.99. The minimum Gasteiger partial charge on any atom is -0.307 e. The van der Waals surface area contributed by atoms with Gasteiger partial charge in [0.05, 0.1) is 10.6 Å². The quantitative estimate of drug-likeness (QED) is 0.411. The lowest BCUT2D eigenvalue weighted by Crippen LogP contribution is -2.20. The number of carbonyl (C=O) groups is 1. The Morgan fingerprint density at radius 2 is 1.61 bits per heavy atom. The lowest BCUT2D eigenvalue weighted by molar-refractivity contribution is -0.384. The van der Waals surface area contributed by atoms with Crippen LogP contribution in [0.5, 0.6) is 0 Å². The summed E-state index contributed by atoms with van der Waals surface area (Å²) >= 11 is 1.42. The molecule has 0 saturated heterocycles. The number of urea groups is 1. The van der Waals surface area contributed by atoms with E-state index in [9.17, 15) is 14.9 Å². The van der Waals surface area contributed by atoms with Gasteiger partial charge in [-0.05, 0) is 49.7 Å². The van der Waals surface area contributed by atoms with E-state index in [1.165, 1.54) is 23.9 Å². The van der Waals surface area contributed by atoms with Crippen LogP contribution in [0.2, 0.25) is 0 Å². The first-order valence-corrected chi connectivity index (χ1v) is 9.40. The number of nitro groups is 1. The molecule has 0 fully saturated rings. The maximum absolute atomic E-state index is 12.4. The summed E-state index contributed by atoms with van der Waals surface area (Å²) < 4.78 is 0. The van der Waals surface area contributed by atoms with E-state index in [0.29, 0.717) is 5.69 Å². The van der Waals surface area contributed by atoms with Crippen LogP contribution < -0.4 is 10.6 Å². The second-order valence-corrected chi connectivity index (χ2v) is 7.36. The van der Waals surface area contributed by atoms with Crippen molar-refractivity contribution in [2.45, 2.75) is 23.6 Å². The summed E-state index contributed by atoms with van der Waals surface area (Å²) in [4.78, 5) is 24.5. The number of nitro benzene ring substituents is 1. The maximum atomic E-state index is 12.4. The average molecular weight is 393 g/mol. The van der Waals surface area contributed by atoms with Crippen molar-refractivity contribution in [3.8, 4) is 0 Å². The Morgan fingerprint density at radius 3 is 2.29 bits per heavy atom. The zero-order valence-corrected chi connectivity index (χ0v) is 16.2. The molecule has 0 radical (unpaired) electrons. The first-order valence-electron chi connectivity index (χ1n) is 8.59. The Balaban J connectivity index is 1.72. The van der Waals surface area contributed by atoms with Gasteiger partial charge in [0.15, 0.2) is 0 Å². The van der Waals surface area contributed by atoms with E-state index in [2.05, 4.69) is 10.6 Å². The fraction of sp³-hybridized carbons (Fsp3) is 0.0952. The van der Waals surface area contributed by atoms with Crippen molar-refractivity contribution in [2.24, 2.45) is 0 Å². The number of amides is 2. The van der Waals surface area contributed by atoms with E-state index < -0.39 is 4.92 Å². The highest BCUT2D eigenvalue weighted by Crippen LogP contribution is 2.34. The molecule has 0 bridgehead atoms. The van der Waals surface area contributed by atoms with Crippen LogP contribution in [0, 0.1) is 24.0 Å². The van der Waals surface area contributed by atoms with Crippen molar-refractivity contribution in [3.63, 3.8) is 0 Å². The molecule has 3 aromatic rings. The highest BCUT2D eigenvalue weighted by Gasteiger charge is 2.10. The van der Waals surface area contributed by atoms with Gasteiger partial charge in [-0.2, -0.15) is 0 Å². The Hall–Kier alpha value is -3.32. The predicted molar refractivity (Wildman–Crippen MR) is 112 cm³/mol. The van der Waals surface area contributed by atoms with Crippen LogP contribution in [0.3, 0.4) is 0 Å². The van der Waals surface area contributed by atoms with Gasteiger partial charge in [0.2, 0.25) is 0 Å². The smallest absolute Gasteiger partial charge is 0.307 e. The van der Waals surface area contributed by atoms with Crippen molar-refractivity contribution in [1.82, 2.24) is 0 Å². The van der Waals surface area contributed by atoms with E-state index in [0.717, 1.165) is 26.6 Å². The second kappa shape index (κ2) is 8.58. The largest absolute Gasteiger partial charge is 0.323 e. The SMILES string of the molecule is Cc1ccc(NC(=O)Nc2ccccc2Sc2ccc([N+](=O)[O-])cc2)c(C)c1. The number of non-ortho nitro benzene ring substituents is 1. The summed E-state index contributed by atoms with van der Waals surface area (Å²) in [5, 5.41) is 16.5. The van der Waals surface area contributed by atoms with Crippen LogP contribution in [0.15, 0.2) is 76.5 Å². The number of nitrogens with one attached hydrogen (secondary N) is 2. The van der Waals surface area contributed by atoms with Gasteiger partial charge in [-0.3, -0.25) is 10.1 Å². The molecule has 3 rings (SSSR count). The molecule has 0 heterocycles. The average Bonchev–Trinajstić information content (AvgIpc) is 2.66. The van der Waals surface area contributed by atoms with Gasteiger partial charge in [-0.15, -0.1) is 0 Å². The monoisotopic (exact) mass is 393 g/mol. The van der Waals surface area contributed by atoms with E-state index in [1.54, 1.807) is 12.1 Å². The number of benzene rings is 3. The summed E-state index contributed by atoms with van der Waals surface area (Å²) in [6.07, 6.45) is 0. The number of hydrogen-bond acceptors (Lipinski definition) is 4. The van der Waals surface area contributed by atoms with Gasteiger partial charge in [-0.25, -0.2) is 4.79 Å². The molecule has 3 aromatic carbocycles. The molecule has 0 aliphatic carbocycles. The van der Waals surface area contributed by atoms with E-state index >= 15 is 0 Å². The molecule has 142 valence electrons. The molecule has 0 aromatic heterocycles. The summed E-state index contributed by atoms with van der Waals surface area (Å²) in [6, 6.07) is 19.2. The number of para-hydroxylation sites is 1. The van der Waals surface area contributed by atoms with Crippen molar-refractivity contribution < 1.29 is 9.72 Å². The fourth-order valence-electron chi connectivity index (χ4n) is 2.65. The number of anilines is 2. The van der Waals surface area contributed by atoms with Crippen LogP contribution in [-0.4, -0.2) is 11.0 Å². The third-order valence-electron chi connectivity index (χ3n) is 4.04. The lowest BCUT2D eigenvalue weighted by Gasteiger charge is -2.13. The van der Waals surface area contributed by atoms with Crippen molar-refractivity contribution in [2.75, 3.05) is 10.6 Å². The molecule has 0 unspecified atom stereocenters. The van der Waals surface area contributed by atoms with Crippen LogP contribution >= 0.6 is 11.8 Å². The zero-order chi connectivity index (χ0) is 20.1. The van der Waals surface area contributed by atoms with Gasteiger partial charge in [0.1, 0.15) is 0 Å². The van der Waals surface area contributed by atoms with Crippen LogP contribution in [0.4, 0.5) is 21.9 Å². The standard InChI is InChI=1S/C21H19N3O3S/c1-14-7-12-18(15(2)13-14)22-21(25)23-19-5-3-4-6-20(19)28-17-10-8-16(9-11-17)24(26)27/h3-13H,1-2H3,(H2,22,23,25). The number of aryl methyl sites for hydroxylation is 2. The Labute approximate surface area is 167 Å². The number of hydrogen-bond donors (Lipinski definition) is 2. The highest BCUT2D eigenvalue weighted by atomic mass is 32.2. The first-order chi connectivity index (χ1) is 13.4. The summed E-state index contributed by atoms with van der Waals surface area (Å²) in [7, 11) is 0. The number of rotatable bonds is 5. The third kappa shape index (κ3) is 4.89. The normalized spacial score (nSPS) is 10.4. The minimum absolute atomic E-state index is 0.0450. The van der Waals surface area contributed by atoms with Gasteiger partial charge < -0.3 is 10.6 Å². The van der Waals surface area contributed by atoms with Gasteiger partial charge in [0.25, 0.3) is 5.69 Å². The molecule has 6 nitrogen and oxygen atoms in total. The molecule has 0 spiro atoms. The topological polar surface area (TPSA) is 84.3 Å². The van der Waals surface area contributed by atoms with E-state index in [1.807, 2.05) is 56.3 Å². The van der Waals surface area contributed by atoms with Gasteiger partial charge >= 0.3 is 6.03 Å². The molecular weight excluding hydrogens is 374 g/mol. The summed E-state index contributed by atoms with van der Waals surface area (Å²) in [5.74, 6) is 0. The van der Waals surface area contributed by atoms with E-state index in [-0.39, 0.29) is 11.7 Å². The molecule has 2 N–H and O–H groups in total. The van der Waals surface area contributed by atoms with Crippen LogP contribution in [0.1, 0.15) is 11.1 Å². The molecule has 2 amide bonds. The first kappa shape index (κ1) is 19.4. The molecular formula is C21H19N3O3S. The summed E-state index contributed by atoms with van der Waals surface area (Å²) in [5.41, 5.74) is 3.58. The molecule has 0 atom stereocenters. The van der Waals surface area contributed by atoms with Crippen LogP contribution in [-0.2, 0) is 0 Å². The van der Waals surface area contributed by atoms with Crippen molar-refractivity contribution in [1.29, 1.82) is 0 Å². The predicted octanol–water partition coefficient (Wildman–Crippen LogP) is 6.01. The third-order valence-corrected chi connectivity index (χ3v) is 5.12. The second-order valence-electron chi connectivity index (χ2n) is 6.25. The molecule has 28 heavy (non-hydrogen) atoms. The lowest BCUT2D eigenvalue weighted by atomic mass is 10.1. The molecule has 0 aliphatic rings. The maximum Gasteiger partial charge on any atom is 0.323 e. The number of carbonyl (C=O) groups excluding carboxylic acids is 1. The van der Waals surface area contributed by atoms with Crippen LogP contribution in [0.25, 0.3) is 0 Å². The van der Waals surface area contributed by atoms with Crippen molar-refractivity contribution in [3.05, 3.63) is 88.0 Å². The van der Waals surface area contributed by atoms with Crippen molar-refractivity contribution >= 4 is 34.9 Å². The number of nitrogens with zero attached hydrogens (tertiary/aromatic N) is 1. The minimum atomic E-state index is -0.429. The Morgan fingerprint density at radius 1 is 0.929 bits per heavy atom. The van der Waals surface area contributed by atoms with Gasteiger partial charge in [0, 0.05) is 27.6 Å².